The van der Waals surface area contributed by atoms with Gasteiger partial charge in [-0.1, -0.05) is 31.2 Å². The van der Waals surface area contributed by atoms with Gasteiger partial charge in [-0.05, 0) is 43.2 Å². The maximum absolute atomic E-state index is 12.3. The maximum Gasteiger partial charge on any atom is 0.324 e. The van der Waals surface area contributed by atoms with Crippen LogP contribution in [0.2, 0.25) is 0 Å². The molecule has 0 radical (unpaired) electrons. The molecule has 0 aromatic heterocycles. The average molecular weight is 405 g/mol. The Morgan fingerprint density at radius 1 is 1.04 bits per heavy atom. The average Bonchev–Trinajstić information content (AvgIpc) is 2.71. The van der Waals surface area contributed by atoms with Gasteiger partial charge in [-0.25, -0.2) is 8.42 Å². The van der Waals surface area contributed by atoms with Crippen molar-refractivity contribution in [3.05, 3.63) is 59.7 Å². The van der Waals surface area contributed by atoms with E-state index in [0.29, 0.717) is 11.3 Å². The first kappa shape index (κ1) is 21.6. The summed E-state index contributed by atoms with van der Waals surface area (Å²) < 4.78 is 36.9. The van der Waals surface area contributed by atoms with Crippen LogP contribution < -0.4 is 9.46 Å². The third-order valence-corrected chi connectivity index (χ3v) is 5.64. The predicted octanol–water partition coefficient (Wildman–Crippen LogP) is 2.35. The Balaban J connectivity index is 1.92. The number of carbonyl (C=O) groups is 2. The van der Waals surface area contributed by atoms with Crippen molar-refractivity contribution in [1.82, 2.24) is 4.72 Å². The molecule has 0 saturated carbocycles. The first-order valence-electron chi connectivity index (χ1n) is 8.72. The van der Waals surface area contributed by atoms with E-state index >= 15 is 0 Å². The molecule has 28 heavy (non-hydrogen) atoms. The number of aryl methyl sites for hydroxylation is 1. The summed E-state index contributed by atoms with van der Waals surface area (Å²) >= 11 is 0. The zero-order valence-corrected chi connectivity index (χ0v) is 16.8. The monoisotopic (exact) mass is 405 g/mol. The fourth-order valence-corrected chi connectivity index (χ4v) is 3.57. The summed E-state index contributed by atoms with van der Waals surface area (Å²) in [7, 11) is -2.45. The fourth-order valence-electron chi connectivity index (χ4n) is 2.38. The van der Waals surface area contributed by atoms with Gasteiger partial charge < -0.3 is 9.47 Å². The van der Waals surface area contributed by atoms with Crippen molar-refractivity contribution >= 4 is 21.8 Å². The summed E-state index contributed by atoms with van der Waals surface area (Å²) in [6.07, 6.45) is 0.856. The second-order valence-electron chi connectivity index (χ2n) is 6.10. The minimum absolute atomic E-state index is 0.0139. The van der Waals surface area contributed by atoms with E-state index < -0.39 is 28.6 Å². The molecule has 150 valence electrons. The molecule has 2 aromatic rings. The number of ketones is 1. The van der Waals surface area contributed by atoms with Crippen molar-refractivity contribution in [2.75, 3.05) is 13.7 Å². The number of methoxy groups -OCH3 is 1. The molecule has 2 rings (SSSR count). The minimum atomic E-state index is -3.92. The maximum atomic E-state index is 12.3. The van der Waals surface area contributed by atoms with Crippen LogP contribution in [0.4, 0.5) is 0 Å². The number of sulfonamides is 1. The third-order valence-electron chi connectivity index (χ3n) is 4.08. The molecular formula is C20H23NO6S. The van der Waals surface area contributed by atoms with Crippen LogP contribution in [0.25, 0.3) is 0 Å². The van der Waals surface area contributed by atoms with Gasteiger partial charge in [-0.15, -0.1) is 0 Å². The molecule has 0 saturated heterocycles. The number of rotatable bonds is 9. The Labute approximate surface area is 164 Å². The molecule has 0 aliphatic heterocycles. The lowest BCUT2D eigenvalue weighted by molar-refractivity contribution is -0.144. The molecular weight excluding hydrogens is 382 g/mol. The molecule has 0 unspecified atom stereocenters. The molecule has 0 heterocycles. The summed E-state index contributed by atoms with van der Waals surface area (Å²) in [5, 5.41) is 0. The van der Waals surface area contributed by atoms with E-state index in [0.717, 1.165) is 12.0 Å². The number of hydrogen-bond acceptors (Lipinski definition) is 6. The Morgan fingerprint density at radius 2 is 1.64 bits per heavy atom. The molecule has 8 heteroatoms. The molecule has 0 aliphatic rings. The SMILES string of the molecule is CCc1ccc(C(=O)COC(=O)[C@H](C)NS(=O)(=O)c2ccc(OC)cc2)cc1. The highest BCUT2D eigenvalue weighted by molar-refractivity contribution is 7.89. The Morgan fingerprint density at radius 3 is 2.18 bits per heavy atom. The van der Waals surface area contributed by atoms with Crippen LogP contribution in [0, 0.1) is 0 Å². The van der Waals surface area contributed by atoms with Gasteiger partial charge in [0.15, 0.2) is 12.4 Å². The number of Topliss-reactive ketones (excluding diaryl/α,β-unsaturated/α-hetero) is 1. The van der Waals surface area contributed by atoms with Crippen molar-refractivity contribution < 1.29 is 27.5 Å². The summed E-state index contributed by atoms with van der Waals surface area (Å²) in [4.78, 5) is 24.2. The van der Waals surface area contributed by atoms with E-state index in [-0.39, 0.29) is 10.7 Å². The lowest BCUT2D eigenvalue weighted by Gasteiger charge is -2.14. The van der Waals surface area contributed by atoms with Crippen LogP contribution in [-0.2, 0) is 26.0 Å². The van der Waals surface area contributed by atoms with Crippen molar-refractivity contribution in [2.45, 2.75) is 31.2 Å². The van der Waals surface area contributed by atoms with Crippen molar-refractivity contribution in [3.8, 4) is 5.75 Å². The molecule has 0 bridgehead atoms. The number of nitrogens with one attached hydrogen (secondary N) is 1. The Kier molecular flexibility index (Phi) is 7.31. The van der Waals surface area contributed by atoms with E-state index in [1.165, 1.54) is 38.3 Å². The fraction of sp³-hybridized carbons (Fsp3) is 0.300. The second-order valence-corrected chi connectivity index (χ2v) is 7.81. The smallest absolute Gasteiger partial charge is 0.324 e. The number of benzene rings is 2. The molecule has 0 amide bonds. The van der Waals surface area contributed by atoms with E-state index in [4.69, 9.17) is 9.47 Å². The molecule has 1 N–H and O–H groups in total. The Hall–Kier alpha value is -2.71. The van der Waals surface area contributed by atoms with Crippen molar-refractivity contribution in [3.63, 3.8) is 0 Å². The third kappa shape index (κ3) is 5.64. The summed E-state index contributed by atoms with van der Waals surface area (Å²) in [5.74, 6) is -0.686. The second kappa shape index (κ2) is 9.48. The molecule has 0 fully saturated rings. The van der Waals surface area contributed by atoms with Gasteiger partial charge >= 0.3 is 5.97 Å². The standard InChI is InChI=1S/C20H23NO6S/c1-4-15-5-7-16(8-6-15)19(22)13-27-20(23)14(2)21-28(24,25)18-11-9-17(26-3)10-12-18/h5-12,14,21H,4,13H2,1-3H3/t14-/m0/s1. The van der Waals surface area contributed by atoms with E-state index in [1.807, 2.05) is 19.1 Å². The van der Waals surface area contributed by atoms with Crippen molar-refractivity contribution in [1.29, 1.82) is 0 Å². The lowest BCUT2D eigenvalue weighted by Crippen LogP contribution is -2.40. The van der Waals surface area contributed by atoms with Crippen LogP contribution in [0.15, 0.2) is 53.4 Å². The molecule has 2 aromatic carbocycles. The predicted molar refractivity (Wildman–Crippen MR) is 104 cm³/mol. The number of hydrogen-bond donors (Lipinski definition) is 1. The van der Waals surface area contributed by atoms with Gasteiger partial charge in [0, 0.05) is 5.56 Å². The normalized spacial score (nSPS) is 12.2. The largest absolute Gasteiger partial charge is 0.497 e. The van der Waals surface area contributed by atoms with Crippen LogP contribution in [0.1, 0.15) is 29.8 Å². The van der Waals surface area contributed by atoms with Gasteiger partial charge in [-0.3, -0.25) is 9.59 Å². The highest BCUT2D eigenvalue weighted by Crippen LogP contribution is 2.15. The summed E-state index contributed by atoms with van der Waals surface area (Å²) in [6, 6.07) is 11.6. The first-order chi connectivity index (χ1) is 13.3. The van der Waals surface area contributed by atoms with Crippen LogP contribution >= 0.6 is 0 Å². The molecule has 1 atom stereocenters. The van der Waals surface area contributed by atoms with Crippen LogP contribution in [-0.4, -0.2) is 39.9 Å². The zero-order valence-electron chi connectivity index (χ0n) is 16.0. The summed E-state index contributed by atoms with van der Waals surface area (Å²) in [5.41, 5.74) is 1.52. The highest BCUT2D eigenvalue weighted by Gasteiger charge is 2.24. The van der Waals surface area contributed by atoms with Crippen LogP contribution in [0.3, 0.4) is 0 Å². The molecule has 7 nitrogen and oxygen atoms in total. The lowest BCUT2D eigenvalue weighted by atomic mass is 10.1. The zero-order chi connectivity index (χ0) is 20.7. The van der Waals surface area contributed by atoms with Crippen LogP contribution in [0.5, 0.6) is 5.75 Å². The Bertz CT molecular complexity index is 920. The van der Waals surface area contributed by atoms with E-state index in [1.54, 1.807) is 12.1 Å². The van der Waals surface area contributed by atoms with E-state index in [9.17, 15) is 18.0 Å². The van der Waals surface area contributed by atoms with Gasteiger partial charge in [0.2, 0.25) is 10.0 Å². The highest BCUT2D eigenvalue weighted by atomic mass is 32.2. The van der Waals surface area contributed by atoms with Crippen molar-refractivity contribution in [2.24, 2.45) is 0 Å². The van der Waals surface area contributed by atoms with Gasteiger partial charge in [0.25, 0.3) is 0 Å². The van der Waals surface area contributed by atoms with Gasteiger partial charge in [-0.2, -0.15) is 4.72 Å². The summed E-state index contributed by atoms with van der Waals surface area (Å²) in [6.45, 7) is 2.90. The minimum Gasteiger partial charge on any atom is -0.497 e. The quantitative estimate of drug-likeness (QED) is 0.508. The number of esters is 1. The topological polar surface area (TPSA) is 98.8 Å². The molecule has 0 aliphatic carbocycles. The van der Waals surface area contributed by atoms with Gasteiger partial charge in [0.1, 0.15) is 11.8 Å². The first-order valence-corrected chi connectivity index (χ1v) is 10.2. The van der Waals surface area contributed by atoms with Gasteiger partial charge in [0.05, 0.1) is 12.0 Å². The number of ether oxygens (including phenoxy) is 2. The number of carbonyl (C=O) groups excluding carboxylic acids is 2. The van der Waals surface area contributed by atoms with E-state index in [2.05, 4.69) is 4.72 Å². The molecule has 0 spiro atoms.